The van der Waals surface area contributed by atoms with Crippen LogP contribution in [0.25, 0.3) is 33.3 Å². The monoisotopic (exact) mass is 968 g/mol. The summed E-state index contributed by atoms with van der Waals surface area (Å²) in [4.78, 5) is 76.7. The smallest absolute Gasteiger partial charge is 0.394 e. The van der Waals surface area contributed by atoms with Crippen LogP contribution in [0.5, 0.6) is 0 Å². The number of aryl methyl sites for hydroxylation is 1. The van der Waals surface area contributed by atoms with Crippen LogP contribution >= 0.6 is 0 Å². The van der Waals surface area contributed by atoms with Gasteiger partial charge >= 0.3 is 12.1 Å². The van der Waals surface area contributed by atoms with Crippen molar-refractivity contribution in [2.24, 2.45) is 17.3 Å². The van der Waals surface area contributed by atoms with Gasteiger partial charge in [-0.05, 0) is 92.1 Å². The number of ether oxygens (including phenoxy) is 2. The molecule has 6 atom stereocenters. The summed E-state index contributed by atoms with van der Waals surface area (Å²) in [5, 5.41) is 2.67. The van der Waals surface area contributed by atoms with Crippen molar-refractivity contribution in [2.45, 2.75) is 103 Å². The molecule has 0 spiro atoms. The highest BCUT2D eigenvalue weighted by Gasteiger charge is 2.51. The number of likely N-dealkylation sites (N-methyl/N-ethyl adjacent to an activating group) is 1. The van der Waals surface area contributed by atoms with Crippen molar-refractivity contribution in [3.05, 3.63) is 90.3 Å². The SMILES string of the molecule is C=CC(=O)N1CC[C@H](C(=O)N(C)[C@H](C(=O)N[C@@]2([Si])Cc3cccc(c3)-c3ccc4c(c3)c(c(-c3cccnc3[C@H](C)OC)n4CC)CC(C)(C)COC(=O)[C@@H]3CCCN(N3)C2=O)[C@H](C)C(F)(F)F)C1. The Morgan fingerprint density at radius 2 is 1.81 bits per heavy atom. The van der Waals surface area contributed by atoms with E-state index in [1.165, 1.54) is 9.91 Å². The number of nitrogens with one attached hydrogen (secondary N) is 2. The molecular formula is C51H61F3N7O7Si. The molecule has 69 heavy (non-hydrogen) atoms. The molecule has 0 aliphatic carbocycles. The summed E-state index contributed by atoms with van der Waals surface area (Å²) in [6.07, 6.45) is -1.31. The molecule has 367 valence electrons. The molecule has 2 N–H and O–H groups in total. The van der Waals surface area contributed by atoms with Gasteiger partial charge in [-0.2, -0.15) is 13.2 Å². The summed E-state index contributed by atoms with van der Waals surface area (Å²) in [5.74, 6) is -7.05. The highest BCUT2D eigenvalue weighted by molar-refractivity contribution is 6.29. The standard InChI is InChI=1S/C51H61F3N7O7Si/c1-9-41(62)59-23-20-35(28-59)46(64)58(7)43(30(3)51(52,53)54)45(63)56-50(69)26-32-14-11-15-33(24-32)34-18-19-40-37(25-34)38(44(60(40)10-2)36-16-12-21-55-42(36)31(4)67-8)27-49(5,6)29-68-47(65)39-17-13-22-61(57-39)48(50)66/h9,11-12,14-16,18-19,21,24-25,30-31,35,39,43,57H,1,10,13,17,20,22-23,26-29H2,2-8H3,(H,56,63)/t30-,31-,35-,39-,43-,50+/m0/s1. The first-order chi connectivity index (χ1) is 32.6. The Kier molecular flexibility index (Phi) is 15.0. The fraction of sp³-hybridized carbons (Fsp3) is 0.490. The number of cyclic esters (lactones) is 1. The Labute approximate surface area is 404 Å². The van der Waals surface area contributed by atoms with E-state index < -0.39 is 70.3 Å². The Balaban J connectivity index is 1.33. The van der Waals surface area contributed by atoms with Crippen LogP contribution < -0.4 is 10.7 Å². The number of aromatic nitrogens is 2. The van der Waals surface area contributed by atoms with Gasteiger partial charge in [0.1, 0.15) is 17.2 Å². The number of hydrogen-bond donors (Lipinski definition) is 2. The third kappa shape index (κ3) is 10.5. The largest absolute Gasteiger partial charge is 0.464 e. The molecule has 3 aliphatic rings. The molecule has 4 aromatic rings. The zero-order valence-electron chi connectivity index (χ0n) is 40.2. The van der Waals surface area contributed by atoms with E-state index in [-0.39, 0.29) is 45.2 Å². The van der Waals surface area contributed by atoms with Crippen molar-refractivity contribution in [1.82, 2.24) is 35.1 Å². The fourth-order valence-electron chi connectivity index (χ4n) is 9.96. The Morgan fingerprint density at radius 3 is 2.51 bits per heavy atom. The number of methoxy groups -OCH3 is 1. The van der Waals surface area contributed by atoms with Crippen LogP contribution in [0.15, 0.2) is 73.4 Å². The number of hydrogen-bond acceptors (Lipinski definition) is 9. The van der Waals surface area contributed by atoms with Gasteiger partial charge in [-0.1, -0.05) is 57.7 Å². The van der Waals surface area contributed by atoms with E-state index in [2.05, 4.69) is 51.2 Å². The number of rotatable bonds is 10. The molecule has 2 saturated heterocycles. The lowest BCUT2D eigenvalue weighted by molar-refractivity contribution is -0.190. The van der Waals surface area contributed by atoms with E-state index in [9.17, 15) is 37.1 Å². The van der Waals surface area contributed by atoms with Gasteiger partial charge in [0, 0.05) is 74.8 Å². The predicted molar refractivity (Wildman–Crippen MR) is 255 cm³/mol. The third-order valence-corrected chi connectivity index (χ3v) is 14.3. The Morgan fingerprint density at radius 1 is 1.07 bits per heavy atom. The maximum atomic E-state index is 14.9. The minimum Gasteiger partial charge on any atom is -0.464 e. The molecule has 14 nitrogen and oxygen atoms in total. The van der Waals surface area contributed by atoms with Crippen molar-refractivity contribution in [3.8, 4) is 22.4 Å². The lowest BCUT2D eigenvalue weighted by Crippen LogP contribution is -2.69. The molecule has 3 aliphatic heterocycles. The zero-order valence-corrected chi connectivity index (χ0v) is 41.2. The number of pyridine rings is 1. The molecule has 4 amide bonds. The first-order valence-electron chi connectivity index (χ1n) is 23.4. The predicted octanol–water partition coefficient (Wildman–Crippen LogP) is 6.30. The molecule has 2 aromatic carbocycles. The zero-order chi connectivity index (χ0) is 50.2. The summed E-state index contributed by atoms with van der Waals surface area (Å²) >= 11 is 0. The van der Waals surface area contributed by atoms with Gasteiger partial charge in [0.2, 0.25) is 17.7 Å². The molecule has 3 radical (unpaired) electrons. The van der Waals surface area contributed by atoms with Crippen LogP contribution in [-0.2, 0) is 52.8 Å². The number of halogens is 3. The van der Waals surface area contributed by atoms with Crippen molar-refractivity contribution < 1.29 is 46.6 Å². The van der Waals surface area contributed by atoms with E-state index in [0.29, 0.717) is 31.4 Å². The van der Waals surface area contributed by atoms with Gasteiger partial charge in [-0.15, -0.1) is 0 Å². The number of carbonyl (C=O) groups excluding carboxylic acids is 5. The van der Waals surface area contributed by atoms with Crippen LogP contribution in [0, 0.1) is 17.3 Å². The summed E-state index contributed by atoms with van der Waals surface area (Å²) in [6, 6.07) is 14.4. The minimum atomic E-state index is -4.94. The lowest BCUT2D eigenvalue weighted by Gasteiger charge is -2.41. The van der Waals surface area contributed by atoms with Gasteiger partial charge in [0.25, 0.3) is 5.91 Å². The summed E-state index contributed by atoms with van der Waals surface area (Å²) in [6.45, 7) is 13.3. The number of likely N-dealkylation sites (tertiary alicyclic amines) is 1. The van der Waals surface area contributed by atoms with E-state index in [0.717, 1.165) is 69.5 Å². The van der Waals surface area contributed by atoms with Crippen molar-refractivity contribution >= 4 is 50.7 Å². The Hall–Kier alpha value is -5.85. The topological polar surface area (TPSA) is 155 Å². The number of hydrazine groups is 1. The second-order valence-electron chi connectivity index (χ2n) is 19.3. The molecule has 6 bridgehead atoms. The van der Waals surface area contributed by atoms with Crippen molar-refractivity contribution in [3.63, 3.8) is 0 Å². The first-order valence-corrected chi connectivity index (χ1v) is 23.9. The number of nitrogens with zero attached hydrogens (tertiary/aromatic N) is 5. The average molecular weight is 969 g/mol. The summed E-state index contributed by atoms with van der Waals surface area (Å²) in [7, 11) is 6.39. The number of carbonyl (C=O) groups is 5. The minimum absolute atomic E-state index is 0.0267. The second-order valence-corrected chi connectivity index (χ2v) is 20.2. The molecule has 2 aromatic heterocycles. The van der Waals surface area contributed by atoms with E-state index in [1.54, 1.807) is 25.4 Å². The number of amides is 4. The normalized spacial score (nSPS) is 22.3. The summed E-state index contributed by atoms with van der Waals surface area (Å²) < 4.78 is 58.3. The van der Waals surface area contributed by atoms with Gasteiger partial charge in [0.05, 0.1) is 46.2 Å². The van der Waals surface area contributed by atoms with E-state index in [1.807, 2.05) is 51.1 Å². The van der Waals surface area contributed by atoms with Crippen LogP contribution in [0.2, 0.25) is 0 Å². The van der Waals surface area contributed by atoms with E-state index >= 15 is 0 Å². The number of alkyl halides is 3. The lowest BCUT2D eigenvalue weighted by atomic mass is 9.84. The van der Waals surface area contributed by atoms with Crippen LogP contribution in [0.3, 0.4) is 0 Å². The Bertz CT molecular complexity index is 2640. The number of benzene rings is 2. The highest BCUT2D eigenvalue weighted by Crippen LogP contribution is 2.42. The van der Waals surface area contributed by atoms with Crippen LogP contribution in [0.1, 0.15) is 76.8 Å². The van der Waals surface area contributed by atoms with Gasteiger partial charge in [-0.25, -0.2) is 5.43 Å². The molecule has 5 heterocycles. The molecule has 18 heteroatoms. The molecule has 0 saturated carbocycles. The number of esters is 1. The quantitative estimate of drug-likeness (QED) is 0.106. The molecule has 7 rings (SSSR count). The van der Waals surface area contributed by atoms with Gasteiger partial charge in [0.15, 0.2) is 0 Å². The van der Waals surface area contributed by atoms with Gasteiger partial charge in [-0.3, -0.25) is 34.0 Å². The van der Waals surface area contributed by atoms with Crippen molar-refractivity contribution in [1.29, 1.82) is 0 Å². The van der Waals surface area contributed by atoms with Gasteiger partial charge < -0.3 is 29.2 Å². The average Bonchev–Trinajstić information content (AvgIpc) is 3.94. The maximum Gasteiger partial charge on any atom is 0.394 e. The van der Waals surface area contributed by atoms with Crippen LogP contribution in [0.4, 0.5) is 13.2 Å². The third-order valence-electron chi connectivity index (χ3n) is 13.8. The highest BCUT2D eigenvalue weighted by atomic mass is 28.1. The molecular weight excluding hydrogens is 908 g/mol. The molecule has 2 fully saturated rings. The first kappa shape index (κ1) is 51.0. The van der Waals surface area contributed by atoms with Crippen LogP contribution in [-0.4, -0.2) is 128 Å². The maximum absolute atomic E-state index is 14.9. The number of fused-ring (bicyclic) bond motifs is 6. The van der Waals surface area contributed by atoms with Crippen molar-refractivity contribution in [2.75, 3.05) is 40.4 Å². The molecule has 0 unspecified atom stereocenters. The second kappa shape index (κ2) is 20.2. The van der Waals surface area contributed by atoms with E-state index in [4.69, 9.17) is 14.5 Å². The fourth-order valence-corrected chi connectivity index (χ4v) is 10.4. The summed E-state index contributed by atoms with van der Waals surface area (Å²) in [5.41, 5.74) is 9.21.